The Bertz CT molecular complexity index is 736. The van der Waals surface area contributed by atoms with Crippen LogP contribution in [0.5, 0.6) is 0 Å². The summed E-state index contributed by atoms with van der Waals surface area (Å²) < 4.78 is 13.1. The minimum absolute atomic E-state index is 0.165. The van der Waals surface area contributed by atoms with Crippen LogP contribution in [0.2, 0.25) is 0 Å². The molecule has 1 unspecified atom stereocenters. The molecule has 134 valence electrons. The van der Waals surface area contributed by atoms with Crippen molar-refractivity contribution >= 4 is 17.3 Å². The van der Waals surface area contributed by atoms with Crippen LogP contribution in [0.1, 0.15) is 49.2 Å². The van der Waals surface area contributed by atoms with Crippen LogP contribution in [0, 0.1) is 18.7 Å². The Morgan fingerprint density at radius 3 is 2.52 bits per heavy atom. The van der Waals surface area contributed by atoms with Gasteiger partial charge in [-0.25, -0.2) is 9.37 Å². The molecule has 4 nitrogen and oxygen atoms in total. The topological polar surface area (TPSA) is 62.2 Å². The number of carboxylic acid groups (broad SMARTS) is 1. The monoisotopic (exact) mass is 362 g/mol. The summed E-state index contributed by atoms with van der Waals surface area (Å²) in [5.41, 5.74) is 1.92. The fraction of sp³-hybridized carbons (Fsp3) is 0.474. The van der Waals surface area contributed by atoms with Crippen molar-refractivity contribution in [1.82, 2.24) is 10.3 Å². The van der Waals surface area contributed by atoms with Crippen molar-refractivity contribution in [3.05, 3.63) is 40.7 Å². The fourth-order valence-electron chi connectivity index (χ4n) is 3.46. The highest BCUT2D eigenvalue weighted by atomic mass is 32.1. The molecule has 2 N–H and O–H groups in total. The number of carbonyl (C=O) groups is 1. The number of hydrogen-bond donors (Lipinski definition) is 2. The number of rotatable bonds is 5. The molecule has 0 saturated heterocycles. The highest BCUT2D eigenvalue weighted by Gasteiger charge is 2.27. The molecule has 1 aromatic heterocycles. The van der Waals surface area contributed by atoms with Crippen LogP contribution in [0.4, 0.5) is 4.39 Å². The van der Waals surface area contributed by atoms with Crippen LogP contribution in [0.3, 0.4) is 0 Å². The Morgan fingerprint density at radius 2 is 1.92 bits per heavy atom. The van der Waals surface area contributed by atoms with Gasteiger partial charge in [0.15, 0.2) is 0 Å². The van der Waals surface area contributed by atoms with Crippen LogP contribution >= 0.6 is 11.3 Å². The van der Waals surface area contributed by atoms with Crippen molar-refractivity contribution in [2.75, 3.05) is 0 Å². The molecule has 25 heavy (non-hydrogen) atoms. The predicted octanol–water partition coefficient (Wildman–Crippen LogP) is 4.55. The minimum Gasteiger partial charge on any atom is -0.481 e. The molecule has 0 radical (unpaired) electrons. The van der Waals surface area contributed by atoms with Gasteiger partial charge in [-0.2, -0.15) is 0 Å². The van der Waals surface area contributed by atoms with E-state index in [1.54, 1.807) is 23.5 Å². The second kappa shape index (κ2) is 7.62. The Kier molecular flexibility index (Phi) is 5.49. The molecule has 0 spiro atoms. The summed E-state index contributed by atoms with van der Waals surface area (Å²) in [5, 5.41) is 13.6. The van der Waals surface area contributed by atoms with Gasteiger partial charge in [0.1, 0.15) is 10.8 Å². The van der Waals surface area contributed by atoms with E-state index in [1.165, 1.54) is 17.0 Å². The lowest BCUT2D eigenvalue weighted by atomic mass is 9.86. The van der Waals surface area contributed by atoms with Gasteiger partial charge in [-0.1, -0.05) is 0 Å². The molecule has 1 atom stereocenters. The summed E-state index contributed by atoms with van der Waals surface area (Å²) in [6, 6.07) is 6.92. The summed E-state index contributed by atoms with van der Waals surface area (Å²) in [5.74, 6) is -1.11. The van der Waals surface area contributed by atoms with Gasteiger partial charge in [-0.15, -0.1) is 11.3 Å². The first-order valence-corrected chi connectivity index (χ1v) is 9.48. The lowest BCUT2D eigenvalue weighted by Gasteiger charge is -2.29. The Morgan fingerprint density at radius 1 is 1.28 bits per heavy atom. The molecule has 0 aliphatic heterocycles. The number of carboxylic acids is 1. The summed E-state index contributed by atoms with van der Waals surface area (Å²) in [4.78, 5) is 16.9. The maximum absolute atomic E-state index is 13.1. The maximum Gasteiger partial charge on any atom is 0.306 e. The molecule has 1 saturated carbocycles. The van der Waals surface area contributed by atoms with Crippen molar-refractivity contribution in [3.63, 3.8) is 0 Å². The normalized spacial score (nSPS) is 21.9. The standard InChI is InChI=1S/C19H23FN2O2S/c1-11(21-16-9-5-14(6-10-16)19(23)24)17-12(2)22-18(25-17)13-3-7-15(20)8-4-13/h3-4,7-8,11,14,16,21H,5-6,9-10H2,1-2H3,(H,23,24). The van der Waals surface area contributed by atoms with E-state index in [4.69, 9.17) is 5.11 Å². The number of aryl methyl sites for hydroxylation is 1. The number of benzene rings is 1. The van der Waals surface area contributed by atoms with Gasteiger partial charge in [-0.05, 0) is 63.8 Å². The highest BCUT2D eigenvalue weighted by molar-refractivity contribution is 7.15. The van der Waals surface area contributed by atoms with Crippen LogP contribution < -0.4 is 5.32 Å². The zero-order valence-corrected chi connectivity index (χ0v) is 15.3. The Hall–Kier alpha value is -1.79. The predicted molar refractivity (Wildman–Crippen MR) is 97.2 cm³/mol. The summed E-state index contributed by atoms with van der Waals surface area (Å²) >= 11 is 1.63. The van der Waals surface area contributed by atoms with Crippen molar-refractivity contribution in [2.45, 2.75) is 51.6 Å². The van der Waals surface area contributed by atoms with Gasteiger partial charge in [-0.3, -0.25) is 4.79 Å². The molecule has 1 aliphatic rings. The molecule has 3 rings (SSSR count). The van der Waals surface area contributed by atoms with E-state index in [2.05, 4.69) is 17.2 Å². The van der Waals surface area contributed by atoms with Crippen LogP contribution in [0.15, 0.2) is 24.3 Å². The molecule has 1 aliphatic carbocycles. The first-order chi connectivity index (χ1) is 11.9. The number of aromatic nitrogens is 1. The van der Waals surface area contributed by atoms with E-state index < -0.39 is 5.97 Å². The van der Waals surface area contributed by atoms with Gasteiger partial charge in [0.25, 0.3) is 0 Å². The van der Waals surface area contributed by atoms with Crippen molar-refractivity contribution in [2.24, 2.45) is 5.92 Å². The zero-order valence-electron chi connectivity index (χ0n) is 14.5. The second-order valence-electron chi connectivity index (χ2n) is 6.75. The van der Waals surface area contributed by atoms with Crippen molar-refractivity contribution in [3.8, 4) is 10.6 Å². The number of aliphatic carboxylic acids is 1. The quantitative estimate of drug-likeness (QED) is 0.819. The largest absolute Gasteiger partial charge is 0.481 e. The number of halogens is 1. The highest BCUT2D eigenvalue weighted by Crippen LogP contribution is 2.33. The fourth-order valence-corrected chi connectivity index (χ4v) is 4.55. The van der Waals surface area contributed by atoms with Gasteiger partial charge < -0.3 is 10.4 Å². The molecule has 0 amide bonds. The molecule has 6 heteroatoms. The summed E-state index contributed by atoms with van der Waals surface area (Å²) in [7, 11) is 0. The minimum atomic E-state index is -0.672. The van der Waals surface area contributed by atoms with E-state index in [-0.39, 0.29) is 17.8 Å². The van der Waals surface area contributed by atoms with Crippen LogP contribution in [0.25, 0.3) is 10.6 Å². The lowest BCUT2D eigenvalue weighted by Crippen LogP contribution is -2.36. The molecule has 2 aromatic rings. The second-order valence-corrected chi connectivity index (χ2v) is 7.78. The molecule has 1 aromatic carbocycles. The third-order valence-electron chi connectivity index (χ3n) is 4.88. The maximum atomic E-state index is 13.1. The van der Waals surface area contributed by atoms with Crippen LogP contribution in [-0.2, 0) is 4.79 Å². The van der Waals surface area contributed by atoms with Gasteiger partial charge in [0.05, 0.1) is 11.6 Å². The van der Waals surface area contributed by atoms with E-state index in [0.717, 1.165) is 41.9 Å². The smallest absolute Gasteiger partial charge is 0.306 e. The van der Waals surface area contributed by atoms with Crippen LogP contribution in [-0.4, -0.2) is 22.1 Å². The van der Waals surface area contributed by atoms with E-state index in [1.807, 2.05) is 6.92 Å². The lowest BCUT2D eigenvalue weighted by molar-refractivity contribution is -0.142. The SMILES string of the molecule is Cc1nc(-c2ccc(F)cc2)sc1C(C)NC1CCC(C(=O)O)CC1. The van der Waals surface area contributed by atoms with Gasteiger partial charge in [0.2, 0.25) is 0 Å². The first-order valence-electron chi connectivity index (χ1n) is 8.66. The third kappa shape index (κ3) is 4.25. The molecule has 0 bridgehead atoms. The Balaban J connectivity index is 1.66. The van der Waals surface area contributed by atoms with Gasteiger partial charge >= 0.3 is 5.97 Å². The van der Waals surface area contributed by atoms with Crippen molar-refractivity contribution in [1.29, 1.82) is 0 Å². The third-order valence-corrected chi connectivity index (χ3v) is 6.27. The number of nitrogens with zero attached hydrogens (tertiary/aromatic N) is 1. The van der Waals surface area contributed by atoms with E-state index in [0.29, 0.717) is 6.04 Å². The van der Waals surface area contributed by atoms with Crippen molar-refractivity contribution < 1.29 is 14.3 Å². The molecule has 1 fully saturated rings. The average molecular weight is 362 g/mol. The summed E-state index contributed by atoms with van der Waals surface area (Å²) in [6.07, 6.45) is 3.26. The van der Waals surface area contributed by atoms with Gasteiger partial charge in [0, 0.05) is 22.5 Å². The first kappa shape index (κ1) is 18.0. The average Bonchev–Trinajstić information content (AvgIpc) is 2.98. The summed E-state index contributed by atoms with van der Waals surface area (Å²) in [6.45, 7) is 4.12. The zero-order chi connectivity index (χ0) is 18.0. The molecule has 1 heterocycles. The number of nitrogens with one attached hydrogen (secondary N) is 1. The van der Waals surface area contributed by atoms with E-state index >= 15 is 0 Å². The Labute approximate surface area is 151 Å². The number of thiazole rings is 1. The number of hydrogen-bond acceptors (Lipinski definition) is 4. The molecular weight excluding hydrogens is 339 g/mol. The van der Waals surface area contributed by atoms with E-state index in [9.17, 15) is 9.18 Å². The molecular formula is C19H23FN2O2S.